The first-order chi connectivity index (χ1) is 6.70. The molecular weight excluding hydrogens is 178 g/mol. The maximum atomic E-state index is 11.2. The van der Waals surface area contributed by atoms with E-state index in [4.69, 9.17) is 5.84 Å². The number of H-pyrrole nitrogens is 1. The van der Waals surface area contributed by atoms with Gasteiger partial charge in [0.1, 0.15) is 5.69 Å². The van der Waals surface area contributed by atoms with Crippen LogP contribution in [0.5, 0.6) is 0 Å². The van der Waals surface area contributed by atoms with Crippen molar-refractivity contribution in [3.8, 4) is 0 Å². The largest absolute Gasteiger partial charge is 0.350 e. The van der Waals surface area contributed by atoms with Gasteiger partial charge in [-0.1, -0.05) is 11.6 Å². The number of amides is 1. The molecule has 2 rings (SSSR count). The lowest BCUT2D eigenvalue weighted by atomic mass is 10.2. The molecule has 4 heteroatoms. The van der Waals surface area contributed by atoms with Crippen LogP contribution in [-0.2, 0) is 0 Å². The van der Waals surface area contributed by atoms with E-state index in [1.807, 2.05) is 25.1 Å². The fourth-order valence-electron chi connectivity index (χ4n) is 1.45. The number of carbonyl (C=O) groups excluding carboxylic acids is 1. The number of aromatic amines is 1. The minimum Gasteiger partial charge on any atom is -0.350 e. The third-order valence-electron chi connectivity index (χ3n) is 2.15. The fourth-order valence-corrected chi connectivity index (χ4v) is 1.45. The summed E-state index contributed by atoms with van der Waals surface area (Å²) in [5, 5.41) is 1.02. The first-order valence-corrected chi connectivity index (χ1v) is 4.31. The number of aromatic nitrogens is 1. The number of carbonyl (C=O) groups is 1. The maximum absolute atomic E-state index is 11.2. The zero-order valence-corrected chi connectivity index (χ0v) is 7.79. The van der Waals surface area contributed by atoms with Gasteiger partial charge in [-0.25, -0.2) is 5.84 Å². The molecule has 1 heterocycles. The minimum absolute atomic E-state index is 0.307. The number of aryl methyl sites for hydroxylation is 1. The third kappa shape index (κ3) is 1.36. The van der Waals surface area contributed by atoms with E-state index in [0.29, 0.717) is 5.69 Å². The lowest BCUT2D eigenvalue weighted by molar-refractivity contribution is 0.0949. The molecule has 0 atom stereocenters. The highest BCUT2D eigenvalue weighted by Gasteiger charge is 2.06. The number of rotatable bonds is 1. The molecule has 72 valence electrons. The molecular formula is C10H11N3O. The van der Waals surface area contributed by atoms with Crippen molar-refractivity contribution in [2.75, 3.05) is 0 Å². The van der Waals surface area contributed by atoms with Gasteiger partial charge in [0.2, 0.25) is 0 Å². The zero-order chi connectivity index (χ0) is 10.1. The van der Waals surface area contributed by atoms with Crippen LogP contribution in [0.4, 0.5) is 0 Å². The molecule has 1 aromatic heterocycles. The van der Waals surface area contributed by atoms with Crippen molar-refractivity contribution in [3.63, 3.8) is 0 Å². The Labute approximate surface area is 81.1 Å². The van der Waals surface area contributed by atoms with Crippen molar-refractivity contribution in [2.24, 2.45) is 5.84 Å². The zero-order valence-electron chi connectivity index (χ0n) is 7.79. The summed E-state index contributed by atoms with van der Waals surface area (Å²) in [5.41, 5.74) is 4.67. The summed E-state index contributed by atoms with van der Waals surface area (Å²) in [4.78, 5) is 14.2. The average molecular weight is 189 g/mol. The van der Waals surface area contributed by atoms with E-state index in [1.54, 1.807) is 6.07 Å². The normalized spacial score (nSPS) is 10.4. The van der Waals surface area contributed by atoms with Crippen LogP contribution >= 0.6 is 0 Å². The first kappa shape index (κ1) is 8.77. The fraction of sp³-hybridized carbons (Fsp3) is 0.100. The summed E-state index contributed by atoms with van der Waals surface area (Å²) in [7, 11) is 0. The van der Waals surface area contributed by atoms with Crippen molar-refractivity contribution in [2.45, 2.75) is 6.92 Å². The van der Waals surface area contributed by atoms with Crippen molar-refractivity contribution >= 4 is 16.8 Å². The number of hydrogen-bond acceptors (Lipinski definition) is 2. The molecule has 0 saturated carbocycles. The highest BCUT2D eigenvalue weighted by molar-refractivity contribution is 5.97. The Kier molecular flexibility index (Phi) is 1.98. The van der Waals surface area contributed by atoms with E-state index in [2.05, 4.69) is 10.4 Å². The van der Waals surface area contributed by atoms with Gasteiger partial charge in [0, 0.05) is 10.9 Å². The van der Waals surface area contributed by atoms with E-state index < -0.39 is 0 Å². The summed E-state index contributed by atoms with van der Waals surface area (Å²) in [6, 6.07) is 7.73. The molecule has 0 aliphatic rings. The van der Waals surface area contributed by atoms with Gasteiger partial charge in [-0.3, -0.25) is 10.2 Å². The third-order valence-corrected chi connectivity index (χ3v) is 2.15. The predicted octanol–water partition coefficient (Wildman–Crippen LogP) is 1.08. The smallest absolute Gasteiger partial charge is 0.281 e. The lowest BCUT2D eigenvalue weighted by Crippen LogP contribution is -2.30. The number of nitrogens with one attached hydrogen (secondary N) is 2. The lowest BCUT2D eigenvalue weighted by Gasteiger charge is -1.92. The highest BCUT2D eigenvalue weighted by Crippen LogP contribution is 2.16. The molecule has 0 saturated heterocycles. The molecule has 0 radical (unpaired) electrons. The number of nitrogen functional groups attached to an aromatic ring is 1. The van der Waals surface area contributed by atoms with Gasteiger partial charge in [0.05, 0.1) is 0 Å². The summed E-state index contributed by atoms with van der Waals surface area (Å²) in [6.45, 7) is 2.01. The van der Waals surface area contributed by atoms with Gasteiger partial charge in [0.15, 0.2) is 0 Å². The Bertz CT molecular complexity index is 487. The van der Waals surface area contributed by atoms with Gasteiger partial charge in [-0.15, -0.1) is 0 Å². The van der Waals surface area contributed by atoms with Crippen molar-refractivity contribution in [1.82, 2.24) is 10.4 Å². The number of hydrazine groups is 1. The van der Waals surface area contributed by atoms with Gasteiger partial charge in [0.25, 0.3) is 5.91 Å². The Morgan fingerprint density at radius 2 is 2.21 bits per heavy atom. The first-order valence-electron chi connectivity index (χ1n) is 4.31. The number of hydrogen-bond donors (Lipinski definition) is 3. The molecule has 0 spiro atoms. The van der Waals surface area contributed by atoms with Crippen LogP contribution in [0.3, 0.4) is 0 Å². The van der Waals surface area contributed by atoms with Crippen LogP contribution in [0, 0.1) is 6.92 Å². The summed E-state index contributed by atoms with van der Waals surface area (Å²) >= 11 is 0. The van der Waals surface area contributed by atoms with Crippen LogP contribution in [-0.4, -0.2) is 10.9 Å². The number of nitrogens with two attached hydrogens (primary N) is 1. The monoisotopic (exact) mass is 189 g/mol. The van der Waals surface area contributed by atoms with Crippen LogP contribution < -0.4 is 11.3 Å². The van der Waals surface area contributed by atoms with Gasteiger partial charge in [-0.05, 0) is 25.1 Å². The SMILES string of the molecule is Cc1ccc2[nH]c(C(=O)NN)cc2c1. The molecule has 0 aliphatic carbocycles. The second kappa shape index (κ2) is 3.16. The molecule has 1 amide bonds. The summed E-state index contributed by atoms with van der Waals surface area (Å²) < 4.78 is 0. The van der Waals surface area contributed by atoms with E-state index in [9.17, 15) is 4.79 Å². The van der Waals surface area contributed by atoms with E-state index in [1.165, 1.54) is 0 Å². The standard InChI is InChI=1S/C10H11N3O/c1-6-2-3-8-7(4-6)5-9(12-8)10(14)13-11/h2-5,12H,11H2,1H3,(H,13,14). The second-order valence-corrected chi connectivity index (χ2v) is 3.25. The van der Waals surface area contributed by atoms with Crippen LogP contribution in [0.2, 0.25) is 0 Å². The molecule has 0 unspecified atom stereocenters. The Hall–Kier alpha value is -1.81. The highest BCUT2D eigenvalue weighted by atomic mass is 16.2. The minimum atomic E-state index is -0.307. The quantitative estimate of drug-likeness (QED) is 0.357. The molecule has 0 aliphatic heterocycles. The van der Waals surface area contributed by atoms with E-state index in [0.717, 1.165) is 16.5 Å². The topological polar surface area (TPSA) is 70.9 Å². The summed E-state index contributed by atoms with van der Waals surface area (Å²) in [6.07, 6.45) is 0. The van der Waals surface area contributed by atoms with Crippen LogP contribution in [0.15, 0.2) is 24.3 Å². The van der Waals surface area contributed by atoms with Crippen molar-refractivity contribution in [3.05, 3.63) is 35.5 Å². The van der Waals surface area contributed by atoms with Crippen LogP contribution in [0.1, 0.15) is 16.1 Å². The molecule has 2 aromatic rings. The number of fused-ring (bicyclic) bond motifs is 1. The molecule has 0 bridgehead atoms. The van der Waals surface area contributed by atoms with Gasteiger partial charge < -0.3 is 4.98 Å². The predicted molar refractivity (Wildman–Crippen MR) is 54.7 cm³/mol. The molecule has 0 fully saturated rings. The van der Waals surface area contributed by atoms with Crippen LogP contribution in [0.25, 0.3) is 10.9 Å². The average Bonchev–Trinajstić information content (AvgIpc) is 2.59. The second-order valence-electron chi connectivity index (χ2n) is 3.25. The Morgan fingerprint density at radius 3 is 2.93 bits per heavy atom. The summed E-state index contributed by atoms with van der Waals surface area (Å²) in [5.74, 6) is 4.73. The maximum Gasteiger partial charge on any atom is 0.281 e. The van der Waals surface area contributed by atoms with Crippen molar-refractivity contribution < 1.29 is 4.79 Å². The Balaban J connectivity index is 2.56. The molecule has 1 aromatic carbocycles. The van der Waals surface area contributed by atoms with E-state index in [-0.39, 0.29) is 5.91 Å². The van der Waals surface area contributed by atoms with Gasteiger partial charge >= 0.3 is 0 Å². The van der Waals surface area contributed by atoms with Gasteiger partial charge in [-0.2, -0.15) is 0 Å². The van der Waals surface area contributed by atoms with Crippen molar-refractivity contribution in [1.29, 1.82) is 0 Å². The van der Waals surface area contributed by atoms with E-state index >= 15 is 0 Å². The number of benzene rings is 1. The molecule has 4 N–H and O–H groups in total. The molecule has 4 nitrogen and oxygen atoms in total. The Morgan fingerprint density at radius 1 is 1.43 bits per heavy atom. The molecule has 14 heavy (non-hydrogen) atoms.